The van der Waals surface area contributed by atoms with Crippen molar-refractivity contribution >= 4 is 44.6 Å². The molecule has 0 aliphatic carbocycles. The van der Waals surface area contributed by atoms with Crippen LogP contribution in [0.15, 0.2) is 140 Å². The molecule has 1 unspecified atom stereocenters. The summed E-state index contributed by atoms with van der Waals surface area (Å²) in [6.07, 6.45) is 1.99. The van der Waals surface area contributed by atoms with Gasteiger partial charge in [0.1, 0.15) is 17.3 Å². The lowest BCUT2D eigenvalue weighted by molar-refractivity contribution is 0.423. The van der Waals surface area contributed by atoms with Crippen LogP contribution in [0.3, 0.4) is 0 Å². The Morgan fingerprint density at radius 3 is 1.77 bits per heavy atom. The molecule has 1 saturated heterocycles. The minimum Gasteiger partial charge on any atom is -0.457 e. The van der Waals surface area contributed by atoms with Gasteiger partial charge >= 0.3 is 0 Å². The Morgan fingerprint density at radius 1 is 0.531 bits per heavy atom. The molecule has 64 heavy (non-hydrogen) atoms. The van der Waals surface area contributed by atoms with Gasteiger partial charge in [0.2, 0.25) is 11.4 Å². The van der Waals surface area contributed by atoms with Gasteiger partial charge in [0, 0.05) is 59.4 Å². The number of rotatable bonds is 9. The van der Waals surface area contributed by atoms with Gasteiger partial charge in [-0.05, 0) is 110 Å². The minimum atomic E-state index is 0.00112. The number of hydrogen-bond acceptors (Lipinski definition) is 2. The van der Waals surface area contributed by atoms with Crippen LogP contribution in [0.2, 0.25) is 0 Å². The SMILES string of the molecule is CC(C)c1cc(C(C)C)c(-c2ccnc(-n3c4ccc(C(C)(C)C)cc4c4ccc(Oc5cccc([N+]67[CH-][N@+]6(c6cccc(C(C)(C)C)c6)c6ccccc67)c5)cc43)c2)c(C(C)C)c1. The monoisotopic (exact) mass is 843 g/mol. The average molecular weight is 844 g/mol. The van der Waals surface area contributed by atoms with Crippen molar-refractivity contribution in [2.24, 2.45) is 0 Å². The first kappa shape index (κ1) is 42.0. The second-order valence-corrected chi connectivity index (χ2v) is 21.3. The molecular weight excluding hydrogens is 781 g/mol. The fraction of sp³-hybridized carbons (Fsp3) is 0.288. The van der Waals surface area contributed by atoms with Crippen LogP contribution in [0.1, 0.15) is 129 Å². The summed E-state index contributed by atoms with van der Waals surface area (Å²) < 4.78 is 10.5. The molecule has 0 bridgehead atoms. The van der Waals surface area contributed by atoms with Crippen LogP contribution in [0, 0.1) is 6.67 Å². The molecule has 2 atom stereocenters. The number of para-hydroxylation sites is 2. The zero-order valence-corrected chi connectivity index (χ0v) is 39.8. The first-order valence-electron chi connectivity index (χ1n) is 23.3. The van der Waals surface area contributed by atoms with E-state index in [1.54, 1.807) is 0 Å². The molecule has 6 aromatic carbocycles. The van der Waals surface area contributed by atoms with Crippen molar-refractivity contribution in [3.8, 4) is 28.4 Å². The van der Waals surface area contributed by atoms with E-state index in [1.807, 2.05) is 6.20 Å². The van der Waals surface area contributed by atoms with Crippen molar-refractivity contribution in [3.05, 3.63) is 174 Å². The highest BCUT2D eigenvalue weighted by molar-refractivity contribution is 6.10. The number of pyridine rings is 1. The Morgan fingerprint density at radius 2 is 1.14 bits per heavy atom. The molecule has 0 N–H and O–H groups in total. The summed E-state index contributed by atoms with van der Waals surface area (Å²) in [6.45, 7) is 30.0. The third-order valence-electron chi connectivity index (χ3n) is 13.9. The Bertz CT molecular complexity index is 3110. The molecule has 4 heterocycles. The van der Waals surface area contributed by atoms with Crippen molar-refractivity contribution in [3.63, 3.8) is 0 Å². The lowest BCUT2D eigenvalue weighted by Gasteiger charge is -2.40. The van der Waals surface area contributed by atoms with Crippen LogP contribution < -0.4 is 13.9 Å². The number of benzene rings is 6. The lowest BCUT2D eigenvalue weighted by atomic mass is 9.82. The number of hydrogen-bond donors (Lipinski definition) is 0. The van der Waals surface area contributed by atoms with Crippen LogP contribution in [0.4, 0.5) is 22.7 Å². The molecule has 1 fully saturated rings. The van der Waals surface area contributed by atoms with E-state index >= 15 is 0 Å². The zero-order chi connectivity index (χ0) is 45.1. The highest BCUT2D eigenvalue weighted by Gasteiger charge is 2.77. The summed E-state index contributed by atoms with van der Waals surface area (Å²) in [6, 6.07) is 49.6. The largest absolute Gasteiger partial charge is 0.457 e. The van der Waals surface area contributed by atoms with Gasteiger partial charge in [-0.25, -0.2) is 4.98 Å². The van der Waals surface area contributed by atoms with Crippen LogP contribution in [0.5, 0.6) is 11.5 Å². The molecule has 2 aliphatic rings. The van der Waals surface area contributed by atoms with E-state index < -0.39 is 0 Å². The average Bonchev–Trinajstić information content (AvgIpc) is 3.76. The molecule has 0 saturated carbocycles. The predicted molar refractivity (Wildman–Crippen MR) is 270 cm³/mol. The molecular formula is C59H63N4O+. The fourth-order valence-electron chi connectivity index (χ4n) is 10.3. The van der Waals surface area contributed by atoms with Gasteiger partial charge in [0.05, 0.1) is 11.0 Å². The maximum absolute atomic E-state index is 6.91. The highest BCUT2D eigenvalue weighted by Crippen LogP contribution is 2.75. The Hall–Kier alpha value is -6.01. The Kier molecular flexibility index (Phi) is 9.68. The number of ether oxygens (including phenoxy) is 1. The first-order valence-corrected chi connectivity index (χ1v) is 23.3. The molecule has 10 rings (SSSR count). The topological polar surface area (TPSA) is 27.1 Å². The van der Waals surface area contributed by atoms with E-state index in [9.17, 15) is 0 Å². The van der Waals surface area contributed by atoms with Gasteiger partial charge in [-0.1, -0.05) is 132 Å². The quantitative estimate of drug-likeness (QED) is 0.0822. The molecule has 0 amide bonds. The second-order valence-electron chi connectivity index (χ2n) is 21.3. The van der Waals surface area contributed by atoms with Gasteiger partial charge in [-0.15, -0.1) is 0 Å². The van der Waals surface area contributed by atoms with Crippen molar-refractivity contribution in [1.29, 1.82) is 0 Å². The third-order valence-corrected chi connectivity index (χ3v) is 13.9. The molecule has 0 radical (unpaired) electrons. The van der Waals surface area contributed by atoms with E-state index in [0.717, 1.165) is 28.4 Å². The molecule has 2 aliphatic heterocycles. The Balaban J connectivity index is 1.09. The van der Waals surface area contributed by atoms with E-state index in [1.165, 1.54) is 72.5 Å². The zero-order valence-electron chi connectivity index (χ0n) is 39.8. The molecule has 0 spiro atoms. The van der Waals surface area contributed by atoms with Crippen molar-refractivity contribution < 1.29 is 4.74 Å². The summed E-state index contributed by atoms with van der Waals surface area (Å²) in [5, 5.41) is 2.39. The van der Waals surface area contributed by atoms with Gasteiger partial charge in [-0.2, -0.15) is 9.18 Å². The molecule has 5 nitrogen and oxygen atoms in total. The summed E-state index contributed by atoms with van der Waals surface area (Å²) >= 11 is 0. The summed E-state index contributed by atoms with van der Waals surface area (Å²) in [5.74, 6) is 3.68. The van der Waals surface area contributed by atoms with Gasteiger partial charge in [0.25, 0.3) is 0 Å². The second kappa shape index (κ2) is 14.8. The molecule has 8 aromatic rings. The van der Waals surface area contributed by atoms with Crippen LogP contribution in [-0.2, 0) is 10.8 Å². The summed E-state index contributed by atoms with van der Waals surface area (Å²) in [5.41, 5.74) is 16.7. The smallest absolute Gasteiger partial charge is 0.225 e. The third kappa shape index (κ3) is 6.45. The lowest BCUT2D eigenvalue weighted by Crippen LogP contribution is -2.46. The van der Waals surface area contributed by atoms with Crippen LogP contribution in [0.25, 0.3) is 38.8 Å². The van der Waals surface area contributed by atoms with Gasteiger partial charge < -0.3 is 4.74 Å². The summed E-state index contributed by atoms with van der Waals surface area (Å²) in [7, 11) is 0. The van der Waals surface area contributed by atoms with Gasteiger partial charge in [0.15, 0.2) is 18.0 Å². The van der Waals surface area contributed by atoms with Crippen LogP contribution >= 0.6 is 0 Å². The van der Waals surface area contributed by atoms with E-state index in [0.29, 0.717) is 26.9 Å². The number of nitrogens with zero attached hydrogens (tertiary/aromatic N) is 4. The molecule has 324 valence electrons. The molecule has 2 aromatic heterocycles. The van der Waals surface area contributed by atoms with Crippen molar-refractivity contribution in [2.45, 2.75) is 112 Å². The van der Waals surface area contributed by atoms with E-state index in [2.05, 4.69) is 228 Å². The normalized spacial score (nSPS) is 18.2. The summed E-state index contributed by atoms with van der Waals surface area (Å²) in [4.78, 5) is 5.13. The minimum absolute atomic E-state index is 0.00112. The molecule has 5 heteroatoms. The van der Waals surface area contributed by atoms with E-state index in [4.69, 9.17) is 9.72 Å². The Labute approximate surface area is 380 Å². The fourth-order valence-corrected chi connectivity index (χ4v) is 10.3. The van der Waals surface area contributed by atoms with Crippen molar-refractivity contribution in [2.75, 3.05) is 0 Å². The number of fused-ring (bicyclic) bond motifs is 7. The number of aromatic nitrogens is 2. The van der Waals surface area contributed by atoms with Gasteiger partial charge in [-0.3, -0.25) is 4.57 Å². The maximum Gasteiger partial charge on any atom is 0.225 e. The standard InChI is InChI=1S/C59H63N4O/c1-37(2)41-29-49(38(3)4)57(50(30-41)39(5)6)40-27-28-60-56(31-40)61-52-26-23-43(59(10,11)12)33-51(52)48-25-24-47(35-53(48)61)64-46-20-16-19-45(34-46)63-36-62(63,54-21-13-14-22-55(54)63)44-18-15-17-42(32-44)58(7,8)9/h13-39H,1-12H3/q+1/t62-,63?/m0/s1. The van der Waals surface area contributed by atoms with Crippen molar-refractivity contribution in [1.82, 2.24) is 18.7 Å². The maximum atomic E-state index is 6.91. The predicted octanol–water partition coefficient (Wildman–Crippen LogP) is 16.9. The van der Waals surface area contributed by atoms with Crippen LogP contribution in [-0.4, -0.2) is 9.55 Å². The first-order chi connectivity index (χ1) is 30.4. The number of quaternary nitrogens is 2. The van der Waals surface area contributed by atoms with E-state index in [-0.39, 0.29) is 10.8 Å². The highest BCUT2D eigenvalue weighted by atomic mass is 16.5.